The molecule has 3 aromatic carbocycles. The molecule has 3 rings (SSSR count). The van der Waals surface area contributed by atoms with E-state index in [2.05, 4.69) is 5.32 Å². The maximum absolute atomic E-state index is 6.45. The van der Waals surface area contributed by atoms with E-state index in [9.17, 15) is 0 Å². The molecule has 27 heavy (non-hydrogen) atoms. The average molecular weight is 402 g/mol. The lowest BCUT2D eigenvalue weighted by molar-refractivity contribution is 0.284. The van der Waals surface area contributed by atoms with Crippen molar-refractivity contribution in [3.63, 3.8) is 0 Å². The summed E-state index contributed by atoms with van der Waals surface area (Å²) in [5, 5.41) is 4.74. The highest BCUT2D eigenvalue weighted by Crippen LogP contribution is 2.34. The molecule has 0 aromatic heterocycles. The first-order chi connectivity index (χ1) is 13.2. The van der Waals surface area contributed by atoms with Crippen LogP contribution < -0.4 is 14.8 Å². The first kappa shape index (κ1) is 19.6. The number of nitrogens with one attached hydrogen (secondary N) is 1. The standard InChI is InChI=1S/C22H21Cl2NO2/c1-26-21-11-18(14-25-13-17-9-5-6-10-19(17)23)20(24)12-22(21)27-15-16-7-3-2-4-8-16/h2-12,25H,13-15H2,1H3. The second-order valence-corrected chi connectivity index (χ2v) is 6.88. The monoisotopic (exact) mass is 401 g/mol. The van der Waals surface area contributed by atoms with E-state index < -0.39 is 0 Å². The van der Waals surface area contributed by atoms with E-state index in [0.717, 1.165) is 21.7 Å². The van der Waals surface area contributed by atoms with Gasteiger partial charge in [-0.05, 0) is 28.8 Å². The lowest BCUT2D eigenvalue weighted by Crippen LogP contribution is -2.13. The van der Waals surface area contributed by atoms with Gasteiger partial charge in [-0.3, -0.25) is 0 Å². The zero-order valence-corrected chi connectivity index (χ0v) is 16.6. The molecule has 140 valence electrons. The molecule has 0 spiro atoms. The highest BCUT2D eigenvalue weighted by atomic mass is 35.5. The van der Waals surface area contributed by atoms with Crippen molar-refractivity contribution in [2.45, 2.75) is 19.7 Å². The molecule has 3 aromatic rings. The van der Waals surface area contributed by atoms with E-state index in [1.807, 2.05) is 60.7 Å². The van der Waals surface area contributed by atoms with E-state index in [4.69, 9.17) is 32.7 Å². The third kappa shape index (κ3) is 5.39. The van der Waals surface area contributed by atoms with Gasteiger partial charge in [0.05, 0.1) is 7.11 Å². The summed E-state index contributed by atoms with van der Waals surface area (Å²) in [4.78, 5) is 0. The van der Waals surface area contributed by atoms with Gasteiger partial charge in [-0.15, -0.1) is 0 Å². The predicted molar refractivity (Wildman–Crippen MR) is 111 cm³/mol. The molecule has 3 nitrogen and oxygen atoms in total. The van der Waals surface area contributed by atoms with Crippen LogP contribution in [0.15, 0.2) is 66.7 Å². The normalized spacial score (nSPS) is 10.6. The molecule has 0 bridgehead atoms. The van der Waals surface area contributed by atoms with Crippen molar-refractivity contribution < 1.29 is 9.47 Å². The van der Waals surface area contributed by atoms with Gasteiger partial charge in [-0.25, -0.2) is 0 Å². The minimum absolute atomic E-state index is 0.456. The summed E-state index contributed by atoms with van der Waals surface area (Å²) in [6.07, 6.45) is 0. The smallest absolute Gasteiger partial charge is 0.163 e. The van der Waals surface area contributed by atoms with Crippen LogP contribution in [0.25, 0.3) is 0 Å². The lowest BCUT2D eigenvalue weighted by Gasteiger charge is -2.14. The van der Waals surface area contributed by atoms with Gasteiger partial charge in [-0.1, -0.05) is 71.7 Å². The Morgan fingerprint density at radius 2 is 1.48 bits per heavy atom. The summed E-state index contributed by atoms with van der Waals surface area (Å²) in [6, 6.07) is 21.4. The van der Waals surface area contributed by atoms with Gasteiger partial charge in [0.25, 0.3) is 0 Å². The zero-order valence-electron chi connectivity index (χ0n) is 15.0. The molecule has 0 fully saturated rings. The Bertz CT molecular complexity index is 885. The highest BCUT2D eigenvalue weighted by molar-refractivity contribution is 6.31. The van der Waals surface area contributed by atoms with Crippen molar-refractivity contribution in [3.05, 3.63) is 93.5 Å². The molecule has 0 aliphatic carbocycles. The molecule has 0 aliphatic rings. The SMILES string of the molecule is COc1cc(CNCc2ccccc2Cl)c(Cl)cc1OCc1ccccc1. The van der Waals surface area contributed by atoms with Crippen molar-refractivity contribution >= 4 is 23.2 Å². The minimum atomic E-state index is 0.456. The Morgan fingerprint density at radius 3 is 2.22 bits per heavy atom. The topological polar surface area (TPSA) is 30.5 Å². The van der Waals surface area contributed by atoms with E-state index in [1.165, 1.54) is 0 Å². The quantitative estimate of drug-likeness (QED) is 0.511. The van der Waals surface area contributed by atoms with Crippen molar-refractivity contribution in [1.82, 2.24) is 5.32 Å². The first-order valence-electron chi connectivity index (χ1n) is 8.64. The predicted octanol–water partition coefficient (Wildman–Crippen LogP) is 5.87. The van der Waals surface area contributed by atoms with Crippen LogP contribution in [0.5, 0.6) is 11.5 Å². The Labute approximate surface area is 169 Å². The van der Waals surface area contributed by atoms with Crippen molar-refractivity contribution in [2.24, 2.45) is 0 Å². The van der Waals surface area contributed by atoms with Crippen LogP contribution in [0, 0.1) is 0 Å². The second kappa shape index (κ2) is 9.65. The van der Waals surface area contributed by atoms with E-state index in [1.54, 1.807) is 13.2 Å². The summed E-state index contributed by atoms with van der Waals surface area (Å²) in [6.45, 7) is 1.71. The average Bonchev–Trinajstić information content (AvgIpc) is 2.70. The summed E-state index contributed by atoms with van der Waals surface area (Å²) < 4.78 is 11.4. The fourth-order valence-electron chi connectivity index (χ4n) is 2.69. The highest BCUT2D eigenvalue weighted by Gasteiger charge is 2.11. The summed E-state index contributed by atoms with van der Waals surface area (Å²) in [7, 11) is 1.62. The minimum Gasteiger partial charge on any atom is -0.493 e. The molecule has 0 radical (unpaired) electrons. The van der Waals surface area contributed by atoms with Gasteiger partial charge in [0.15, 0.2) is 11.5 Å². The molecule has 0 saturated carbocycles. The first-order valence-corrected chi connectivity index (χ1v) is 9.40. The van der Waals surface area contributed by atoms with Gasteiger partial charge in [0.2, 0.25) is 0 Å². The number of benzene rings is 3. The van der Waals surface area contributed by atoms with Gasteiger partial charge < -0.3 is 14.8 Å². The summed E-state index contributed by atoms with van der Waals surface area (Å²) in [5.41, 5.74) is 3.07. The molecule has 0 aliphatic heterocycles. The molecular weight excluding hydrogens is 381 g/mol. The summed E-state index contributed by atoms with van der Waals surface area (Å²) in [5.74, 6) is 1.28. The van der Waals surface area contributed by atoms with Crippen LogP contribution in [0.3, 0.4) is 0 Å². The Balaban J connectivity index is 1.65. The van der Waals surface area contributed by atoms with E-state index in [-0.39, 0.29) is 0 Å². The van der Waals surface area contributed by atoms with Crippen LogP contribution in [-0.2, 0) is 19.7 Å². The maximum Gasteiger partial charge on any atom is 0.163 e. The zero-order chi connectivity index (χ0) is 19.1. The van der Waals surface area contributed by atoms with Crippen LogP contribution in [-0.4, -0.2) is 7.11 Å². The number of hydrogen-bond donors (Lipinski definition) is 1. The van der Waals surface area contributed by atoms with Crippen molar-refractivity contribution in [1.29, 1.82) is 0 Å². The third-order valence-electron chi connectivity index (χ3n) is 4.16. The van der Waals surface area contributed by atoms with Gasteiger partial charge in [-0.2, -0.15) is 0 Å². The fourth-order valence-corrected chi connectivity index (χ4v) is 3.12. The van der Waals surface area contributed by atoms with E-state index in [0.29, 0.717) is 36.2 Å². The van der Waals surface area contributed by atoms with Crippen LogP contribution in [0.2, 0.25) is 10.0 Å². The Morgan fingerprint density at radius 1 is 0.778 bits per heavy atom. The van der Waals surface area contributed by atoms with Crippen LogP contribution in [0.4, 0.5) is 0 Å². The van der Waals surface area contributed by atoms with Crippen LogP contribution in [0.1, 0.15) is 16.7 Å². The summed E-state index contributed by atoms with van der Waals surface area (Å²) >= 11 is 12.6. The van der Waals surface area contributed by atoms with Gasteiger partial charge in [0.1, 0.15) is 6.61 Å². The molecular formula is C22H21Cl2NO2. The second-order valence-electron chi connectivity index (χ2n) is 6.06. The molecule has 1 N–H and O–H groups in total. The number of methoxy groups -OCH3 is 1. The number of hydrogen-bond acceptors (Lipinski definition) is 3. The van der Waals surface area contributed by atoms with Gasteiger partial charge in [0, 0.05) is 29.2 Å². The molecule has 0 unspecified atom stereocenters. The van der Waals surface area contributed by atoms with E-state index >= 15 is 0 Å². The number of ether oxygens (including phenoxy) is 2. The fraction of sp³-hybridized carbons (Fsp3) is 0.182. The Kier molecular flexibility index (Phi) is 6.99. The molecule has 0 atom stereocenters. The third-order valence-corrected chi connectivity index (χ3v) is 4.88. The van der Waals surface area contributed by atoms with Gasteiger partial charge >= 0.3 is 0 Å². The van der Waals surface area contributed by atoms with Crippen molar-refractivity contribution in [2.75, 3.05) is 7.11 Å². The molecule has 0 heterocycles. The maximum atomic E-state index is 6.45. The lowest BCUT2D eigenvalue weighted by atomic mass is 10.1. The van der Waals surface area contributed by atoms with Crippen molar-refractivity contribution in [3.8, 4) is 11.5 Å². The molecule has 0 amide bonds. The Hall–Kier alpha value is -2.20. The largest absolute Gasteiger partial charge is 0.493 e. The molecule has 5 heteroatoms. The van der Waals surface area contributed by atoms with Crippen LogP contribution >= 0.6 is 23.2 Å². The number of halogens is 2. The number of rotatable bonds is 8. The molecule has 0 saturated heterocycles.